The van der Waals surface area contributed by atoms with Crippen LogP contribution in [0.25, 0.3) is 0 Å². The largest absolute Gasteiger partial charge is 0.354 e. The van der Waals surface area contributed by atoms with Crippen molar-refractivity contribution in [2.75, 3.05) is 23.3 Å². The third-order valence-electron chi connectivity index (χ3n) is 3.65. The van der Waals surface area contributed by atoms with Gasteiger partial charge in [0.15, 0.2) is 0 Å². The van der Waals surface area contributed by atoms with Gasteiger partial charge in [0.05, 0.1) is 4.92 Å². The second-order valence-corrected chi connectivity index (χ2v) is 4.94. The molecule has 1 aromatic rings. The number of nitro groups is 1. The molecule has 1 aliphatic heterocycles. The molecule has 0 saturated carbocycles. The van der Waals surface area contributed by atoms with Crippen molar-refractivity contribution in [3.8, 4) is 0 Å². The Kier molecular flexibility index (Phi) is 4.70. The number of anilines is 2. The van der Waals surface area contributed by atoms with Gasteiger partial charge in [0.2, 0.25) is 11.8 Å². The summed E-state index contributed by atoms with van der Waals surface area (Å²) in [6.45, 7) is 5.57. The van der Waals surface area contributed by atoms with E-state index in [4.69, 9.17) is 0 Å². The molecule has 1 fully saturated rings. The number of rotatable bonds is 5. The van der Waals surface area contributed by atoms with Crippen molar-refractivity contribution < 1.29 is 4.92 Å². The van der Waals surface area contributed by atoms with Crippen LogP contribution in [0.5, 0.6) is 0 Å². The summed E-state index contributed by atoms with van der Waals surface area (Å²) in [4.78, 5) is 21.3. The zero-order valence-electron chi connectivity index (χ0n) is 12.0. The van der Waals surface area contributed by atoms with E-state index in [0.717, 1.165) is 25.8 Å². The predicted octanol–water partition coefficient (Wildman–Crippen LogP) is 2.59. The first-order valence-corrected chi connectivity index (χ1v) is 7.19. The maximum Gasteiger partial charge on any atom is 0.329 e. The van der Waals surface area contributed by atoms with Gasteiger partial charge in [-0.15, -0.1) is 0 Å². The molecule has 0 spiro atoms. The van der Waals surface area contributed by atoms with Gasteiger partial charge < -0.3 is 10.2 Å². The third kappa shape index (κ3) is 2.97. The van der Waals surface area contributed by atoms with Gasteiger partial charge >= 0.3 is 5.69 Å². The van der Waals surface area contributed by atoms with Crippen molar-refractivity contribution in [2.45, 2.75) is 45.6 Å². The number of nitrogens with zero attached hydrogens (tertiary/aromatic N) is 4. The Balaban J connectivity index is 2.39. The SMILES string of the molecule is CCNc1ncc([N+](=O)[O-])c(N2CCCCC2CC)n1. The molecule has 2 rings (SSSR count). The van der Waals surface area contributed by atoms with Crippen LogP contribution >= 0.6 is 0 Å². The molecule has 7 nitrogen and oxygen atoms in total. The van der Waals surface area contributed by atoms with Gasteiger partial charge in [-0.25, -0.2) is 4.98 Å². The van der Waals surface area contributed by atoms with E-state index in [1.807, 2.05) is 6.92 Å². The Morgan fingerprint density at radius 3 is 2.95 bits per heavy atom. The number of hydrogen-bond donors (Lipinski definition) is 1. The standard InChI is InChI=1S/C13H21N5O2/c1-3-10-7-5-6-8-17(10)12-11(18(19)20)9-15-13(16-12)14-4-2/h9-10H,3-8H2,1-2H3,(H,14,15,16). The highest BCUT2D eigenvalue weighted by molar-refractivity contribution is 5.59. The minimum absolute atomic E-state index is 0.00740. The number of piperidine rings is 1. The molecule has 20 heavy (non-hydrogen) atoms. The van der Waals surface area contributed by atoms with E-state index < -0.39 is 4.92 Å². The summed E-state index contributed by atoms with van der Waals surface area (Å²) in [5.41, 5.74) is -0.00740. The van der Waals surface area contributed by atoms with Crippen molar-refractivity contribution in [3.63, 3.8) is 0 Å². The Morgan fingerprint density at radius 1 is 1.50 bits per heavy atom. The lowest BCUT2D eigenvalue weighted by Gasteiger charge is -2.35. The Hall–Kier alpha value is -1.92. The van der Waals surface area contributed by atoms with Gasteiger partial charge in [0.1, 0.15) is 6.20 Å². The third-order valence-corrected chi connectivity index (χ3v) is 3.65. The number of aromatic nitrogens is 2. The van der Waals surface area contributed by atoms with Crippen LogP contribution < -0.4 is 10.2 Å². The minimum Gasteiger partial charge on any atom is -0.354 e. The van der Waals surface area contributed by atoms with E-state index in [-0.39, 0.29) is 5.69 Å². The van der Waals surface area contributed by atoms with Crippen LogP contribution in [0.15, 0.2) is 6.20 Å². The number of nitrogens with one attached hydrogen (secondary N) is 1. The van der Waals surface area contributed by atoms with E-state index >= 15 is 0 Å². The molecule has 0 radical (unpaired) electrons. The van der Waals surface area contributed by atoms with E-state index in [2.05, 4.69) is 27.1 Å². The quantitative estimate of drug-likeness (QED) is 0.658. The Bertz CT molecular complexity index is 480. The van der Waals surface area contributed by atoms with Crippen LogP contribution in [0.2, 0.25) is 0 Å². The lowest BCUT2D eigenvalue weighted by atomic mass is 10.00. The average molecular weight is 279 g/mol. The van der Waals surface area contributed by atoms with Gasteiger partial charge in [0, 0.05) is 19.1 Å². The zero-order chi connectivity index (χ0) is 14.5. The fourth-order valence-electron chi connectivity index (χ4n) is 2.65. The molecule has 0 bridgehead atoms. The van der Waals surface area contributed by atoms with Gasteiger partial charge in [-0.05, 0) is 32.6 Å². The summed E-state index contributed by atoms with van der Waals surface area (Å²) in [6, 6.07) is 0.326. The molecule has 7 heteroatoms. The van der Waals surface area contributed by atoms with Crippen molar-refractivity contribution in [3.05, 3.63) is 16.3 Å². The molecular formula is C13H21N5O2. The van der Waals surface area contributed by atoms with E-state index in [1.54, 1.807) is 0 Å². The molecule has 1 unspecified atom stereocenters. The summed E-state index contributed by atoms with van der Waals surface area (Å²) in [6.07, 6.45) is 5.57. The van der Waals surface area contributed by atoms with Crippen LogP contribution in [-0.2, 0) is 0 Å². The van der Waals surface area contributed by atoms with E-state index in [1.165, 1.54) is 12.6 Å². The molecule has 0 amide bonds. The molecule has 1 N–H and O–H groups in total. The molecular weight excluding hydrogens is 258 g/mol. The molecule has 2 heterocycles. The maximum atomic E-state index is 11.2. The summed E-state index contributed by atoms with van der Waals surface area (Å²) in [7, 11) is 0. The van der Waals surface area contributed by atoms with Crippen LogP contribution in [-0.4, -0.2) is 34.0 Å². The first-order valence-electron chi connectivity index (χ1n) is 7.19. The van der Waals surface area contributed by atoms with Gasteiger partial charge in [0.25, 0.3) is 0 Å². The normalized spacial score (nSPS) is 18.9. The first-order chi connectivity index (χ1) is 9.67. The van der Waals surface area contributed by atoms with Crippen molar-refractivity contribution in [1.82, 2.24) is 9.97 Å². The molecule has 1 saturated heterocycles. The predicted molar refractivity (Wildman–Crippen MR) is 78.1 cm³/mol. The molecule has 1 atom stereocenters. The molecule has 1 aliphatic rings. The second kappa shape index (κ2) is 6.49. The topological polar surface area (TPSA) is 84.2 Å². The summed E-state index contributed by atoms with van der Waals surface area (Å²) >= 11 is 0. The van der Waals surface area contributed by atoms with Gasteiger partial charge in [-0.3, -0.25) is 10.1 Å². The smallest absolute Gasteiger partial charge is 0.329 e. The van der Waals surface area contributed by atoms with Crippen LogP contribution in [0.3, 0.4) is 0 Å². The lowest BCUT2D eigenvalue weighted by Crippen LogP contribution is -2.40. The highest BCUT2D eigenvalue weighted by Gasteiger charge is 2.29. The van der Waals surface area contributed by atoms with Crippen LogP contribution in [0.1, 0.15) is 39.5 Å². The molecule has 0 aliphatic carbocycles. The van der Waals surface area contributed by atoms with E-state index in [0.29, 0.717) is 24.4 Å². The lowest BCUT2D eigenvalue weighted by molar-refractivity contribution is -0.384. The zero-order valence-corrected chi connectivity index (χ0v) is 12.0. The van der Waals surface area contributed by atoms with Crippen molar-refractivity contribution in [1.29, 1.82) is 0 Å². The second-order valence-electron chi connectivity index (χ2n) is 4.94. The fraction of sp³-hybridized carbons (Fsp3) is 0.692. The molecule has 0 aromatic carbocycles. The van der Waals surface area contributed by atoms with Gasteiger partial charge in [-0.2, -0.15) is 4.98 Å². The monoisotopic (exact) mass is 279 g/mol. The Labute approximate surface area is 118 Å². The van der Waals surface area contributed by atoms with Crippen LogP contribution in [0, 0.1) is 10.1 Å². The van der Waals surface area contributed by atoms with Crippen LogP contribution in [0.4, 0.5) is 17.5 Å². The highest BCUT2D eigenvalue weighted by atomic mass is 16.6. The van der Waals surface area contributed by atoms with Crippen molar-refractivity contribution in [2.24, 2.45) is 0 Å². The minimum atomic E-state index is -0.396. The van der Waals surface area contributed by atoms with Crippen molar-refractivity contribution >= 4 is 17.5 Å². The average Bonchev–Trinajstić information content (AvgIpc) is 2.47. The maximum absolute atomic E-state index is 11.2. The molecule has 1 aromatic heterocycles. The Morgan fingerprint density at radius 2 is 2.30 bits per heavy atom. The first kappa shape index (κ1) is 14.5. The highest BCUT2D eigenvalue weighted by Crippen LogP contribution is 2.32. The summed E-state index contributed by atoms with van der Waals surface area (Å²) in [5, 5.41) is 14.2. The fourth-order valence-corrected chi connectivity index (χ4v) is 2.65. The molecule has 110 valence electrons. The van der Waals surface area contributed by atoms with E-state index in [9.17, 15) is 10.1 Å². The number of hydrogen-bond acceptors (Lipinski definition) is 6. The summed E-state index contributed by atoms with van der Waals surface area (Å²) < 4.78 is 0. The van der Waals surface area contributed by atoms with Gasteiger partial charge in [-0.1, -0.05) is 6.92 Å². The summed E-state index contributed by atoms with van der Waals surface area (Å²) in [5.74, 6) is 0.904.